The van der Waals surface area contributed by atoms with Crippen molar-refractivity contribution >= 4 is 149 Å². The molecule has 570 valence electrons. The summed E-state index contributed by atoms with van der Waals surface area (Å²) >= 11 is 0. The minimum absolute atomic E-state index is 0.385. The molecule has 0 aliphatic carbocycles. The molecule has 0 fully saturated rings. The van der Waals surface area contributed by atoms with E-state index in [1.54, 1.807) is 0 Å². The number of hydrogen-bond acceptors (Lipinski definition) is 12. The van der Waals surface area contributed by atoms with Crippen LogP contribution in [0.1, 0.15) is 0 Å². The molecular weight excluding hydrogens is 1490 g/mol. The first kappa shape index (κ1) is 71.0. The van der Waals surface area contributed by atoms with Crippen molar-refractivity contribution in [2.45, 2.75) is 0 Å². The zero-order valence-corrected chi connectivity index (χ0v) is 66.1. The van der Waals surface area contributed by atoms with E-state index in [1.165, 1.54) is 0 Å². The van der Waals surface area contributed by atoms with Crippen LogP contribution in [0.25, 0.3) is 67.5 Å². The van der Waals surface area contributed by atoms with Gasteiger partial charge in [-0.3, -0.25) is 29.9 Å². The van der Waals surface area contributed by atoms with E-state index in [0.29, 0.717) is 0 Å². The summed E-state index contributed by atoms with van der Waals surface area (Å²) in [6.07, 6.45) is 11.4. The topological polar surface area (TPSA) is 96.8 Å². The third kappa shape index (κ3) is 11.9. The van der Waals surface area contributed by atoms with Crippen LogP contribution in [0.3, 0.4) is 0 Å². The van der Waals surface area contributed by atoms with Crippen molar-refractivity contribution in [2.75, 3.05) is 29.4 Å². The Morgan fingerprint density at radius 1 is 0.172 bits per heavy atom. The van der Waals surface area contributed by atoms with Crippen molar-refractivity contribution in [3.8, 4) is 67.5 Å². The van der Waals surface area contributed by atoms with E-state index < -0.39 is 0 Å². The third-order valence-electron chi connectivity index (χ3n) is 24.1. The molecule has 14 heteroatoms. The predicted octanol–water partition coefficient (Wildman–Crippen LogP) is 23.2. The average molecular weight is 1560 g/mol. The summed E-state index contributed by atoms with van der Waals surface area (Å²) in [7, 11) is 0. The molecule has 0 N–H and O–H groups in total. The molecule has 6 aromatic heterocycles. The molecule has 122 heavy (non-hydrogen) atoms. The first-order valence-electron chi connectivity index (χ1n) is 41.3. The highest BCUT2D eigenvalue weighted by Gasteiger charge is 2.50. The molecular formula is C108H72B2N12. The second-order valence-corrected chi connectivity index (χ2v) is 30.8. The molecule has 12 nitrogen and oxygen atoms in total. The lowest BCUT2D eigenvalue weighted by Gasteiger charge is -2.48. The van der Waals surface area contributed by atoms with Gasteiger partial charge in [-0.25, -0.2) is 0 Å². The number of aromatic nitrogens is 6. The highest BCUT2D eigenvalue weighted by atomic mass is 15.2. The van der Waals surface area contributed by atoms with E-state index in [-0.39, 0.29) is 13.4 Å². The molecule has 0 saturated carbocycles. The van der Waals surface area contributed by atoms with Crippen LogP contribution in [0, 0.1) is 0 Å². The number of fused-ring (bicyclic) bond motifs is 8. The monoisotopic (exact) mass is 1560 g/mol. The maximum absolute atomic E-state index is 5.26. The van der Waals surface area contributed by atoms with Gasteiger partial charge in [0.25, 0.3) is 13.4 Å². The zero-order valence-electron chi connectivity index (χ0n) is 66.1. The van der Waals surface area contributed by atoms with Crippen LogP contribution in [0.5, 0.6) is 0 Å². The van der Waals surface area contributed by atoms with Gasteiger partial charge in [-0.05, 0) is 209 Å². The summed E-state index contributed by atoms with van der Waals surface area (Å²) in [4.78, 5) is 46.0. The molecule has 0 saturated heterocycles. The van der Waals surface area contributed by atoms with Gasteiger partial charge in [-0.2, -0.15) is 0 Å². The molecule has 0 amide bonds. The van der Waals surface area contributed by atoms with Gasteiger partial charge in [0.1, 0.15) is 0 Å². The Bertz CT molecular complexity index is 6780. The fourth-order valence-corrected chi connectivity index (χ4v) is 19.1. The van der Waals surface area contributed by atoms with Gasteiger partial charge < -0.3 is 29.4 Å². The van der Waals surface area contributed by atoms with Crippen molar-refractivity contribution in [2.24, 2.45) is 0 Å². The molecule has 4 aliphatic heterocycles. The van der Waals surface area contributed by atoms with Gasteiger partial charge in [0.15, 0.2) is 0 Å². The fraction of sp³-hybridized carbons (Fsp3) is 0. The Morgan fingerprint density at radius 3 is 0.721 bits per heavy atom. The minimum Gasteiger partial charge on any atom is -0.311 e. The van der Waals surface area contributed by atoms with Gasteiger partial charge in [0.05, 0.1) is 79.7 Å². The smallest absolute Gasteiger partial charge is 0.252 e. The fourth-order valence-electron chi connectivity index (χ4n) is 19.1. The molecule has 4 aliphatic rings. The highest BCUT2D eigenvalue weighted by molar-refractivity contribution is 7.03. The normalized spacial score (nSPS) is 12.5. The van der Waals surface area contributed by atoms with E-state index in [2.05, 4.69) is 393 Å². The summed E-state index contributed by atoms with van der Waals surface area (Å²) in [5, 5.41) is 0. The molecule has 0 radical (unpaired) electrons. The molecule has 19 aromatic rings. The van der Waals surface area contributed by atoms with Gasteiger partial charge in [0.2, 0.25) is 0 Å². The summed E-state index contributed by atoms with van der Waals surface area (Å²) in [6.45, 7) is -0.769. The zero-order chi connectivity index (χ0) is 80.6. The first-order valence-corrected chi connectivity index (χ1v) is 41.3. The van der Waals surface area contributed by atoms with Crippen molar-refractivity contribution in [1.29, 1.82) is 0 Å². The van der Waals surface area contributed by atoms with Crippen LogP contribution >= 0.6 is 0 Å². The first-order chi connectivity index (χ1) is 60.6. The van der Waals surface area contributed by atoms with E-state index in [4.69, 9.17) is 29.9 Å². The van der Waals surface area contributed by atoms with Crippen LogP contribution in [0.2, 0.25) is 0 Å². The number of rotatable bonds is 16. The molecule has 0 unspecified atom stereocenters. The van der Waals surface area contributed by atoms with E-state index >= 15 is 0 Å². The Labute approximate surface area is 708 Å². The molecule has 23 rings (SSSR count). The lowest BCUT2D eigenvalue weighted by molar-refractivity contribution is 1.20. The lowest BCUT2D eigenvalue weighted by Crippen LogP contribution is -2.65. The third-order valence-corrected chi connectivity index (χ3v) is 24.1. The van der Waals surface area contributed by atoms with Crippen LogP contribution in [-0.2, 0) is 0 Å². The van der Waals surface area contributed by atoms with E-state index in [9.17, 15) is 0 Å². The Kier molecular flexibility index (Phi) is 17.5. The van der Waals surface area contributed by atoms with Gasteiger partial charge in [-0.15, -0.1) is 0 Å². The number of para-hydroxylation sites is 10. The molecule has 0 bridgehead atoms. The predicted molar refractivity (Wildman–Crippen MR) is 503 cm³/mol. The van der Waals surface area contributed by atoms with Crippen molar-refractivity contribution in [3.63, 3.8) is 0 Å². The number of nitrogens with zero attached hydrogens (tertiary/aromatic N) is 12. The van der Waals surface area contributed by atoms with E-state index in [1.807, 2.05) is 73.6 Å². The molecule has 0 atom stereocenters. The molecule has 10 heterocycles. The van der Waals surface area contributed by atoms with Gasteiger partial charge in [-0.1, -0.05) is 224 Å². The molecule has 0 spiro atoms. The number of benzene rings is 13. The summed E-state index contributed by atoms with van der Waals surface area (Å²) < 4.78 is 0. The van der Waals surface area contributed by atoms with Crippen molar-refractivity contribution in [3.05, 3.63) is 438 Å². The standard InChI is InChI=1S/C108H72B2N12/c1-3-35-73(36-4-1)117(93-53-15-7-39-77(93)87-47-23-29-61-111-87)75-67-103-107-105(69-75)121(97-57-19-11-43-81(97)91-51-27-33-65-115-91)101-72-102-86(71-85(101)109(107)83-45-13-21-59-99(83)119(103)95-55-17-9-41-79(95)89-49-25-31-63-113-89)110-84-46-14-22-60-100(84)120(96-56-18-10-42-80(96)90-50-26-32-64-114-90)104-68-76(70-106(108(104)110)122(102)98-58-20-12-44-82(98)92-52-28-34-66-116-92)118(74-37-5-2-6-38-74)94-54-16-8-40-78(94)88-48-24-30-62-112-88/h1-72H. The van der Waals surface area contributed by atoms with Crippen LogP contribution in [0.4, 0.5) is 102 Å². The maximum Gasteiger partial charge on any atom is 0.252 e. The minimum atomic E-state index is -0.385. The number of pyridine rings is 6. The Morgan fingerprint density at radius 2 is 0.418 bits per heavy atom. The summed E-state index contributed by atoms with van der Waals surface area (Å²) in [5.74, 6) is 0. The second kappa shape index (κ2) is 30.0. The van der Waals surface area contributed by atoms with E-state index in [0.717, 1.165) is 203 Å². The van der Waals surface area contributed by atoms with Crippen LogP contribution < -0.4 is 62.2 Å². The summed E-state index contributed by atoms with van der Waals surface area (Å²) in [5.41, 5.74) is 35.4. The summed E-state index contributed by atoms with van der Waals surface area (Å²) in [6, 6.07) is 145. The quantitative estimate of drug-likeness (QED) is 0.0862. The van der Waals surface area contributed by atoms with Crippen LogP contribution in [0.15, 0.2) is 438 Å². The SMILES string of the molecule is c1ccc(N(c2cc3c4c(c2)N(c2ccccc2-c2ccccn2)c2cc5c(cc2B4c2ccccc2N3c2ccccc2-c2ccccn2)B2c3ccccc3N(c3ccccc3-c3ccccn3)c3cc(N(c4ccccc4)c4ccccc4-c4ccccn4)cc(c32)N5c2ccccc2-c2ccccn2)c2ccccc2-c2ccccn2)cc1. The van der Waals surface area contributed by atoms with Crippen molar-refractivity contribution < 1.29 is 0 Å². The van der Waals surface area contributed by atoms with Crippen molar-refractivity contribution in [1.82, 2.24) is 29.9 Å². The van der Waals surface area contributed by atoms with Gasteiger partial charge in [0, 0.05) is 127 Å². The number of anilines is 18. The highest BCUT2D eigenvalue weighted by Crippen LogP contribution is 2.56. The largest absolute Gasteiger partial charge is 0.311 e. The second-order valence-electron chi connectivity index (χ2n) is 30.8. The molecule has 13 aromatic carbocycles. The average Bonchev–Trinajstić information content (AvgIpc) is 0.679. The Hall–Kier alpha value is -16.3. The number of hydrogen-bond donors (Lipinski definition) is 0. The van der Waals surface area contributed by atoms with Gasteiger partial charge >= 0.3 is 0 Å². The maximum atomic E-state index is 5.26. The van der Waals surface area contributed by atoms with Crippen LogP contribution in [-0.4, -0.2) is 43.3 Å². The lowest BCUT2D eigenvalue weighted by atomic mass is 9.30. The Balaban J connectivity index is 0.878.